The van der Waals surface area contributed by atoms with Crippen LogP contribution in [0.1, 0.15) is 27.0 Å². The van der Waals surface area contributed by atoms with Gasteiger partial charge in [-0.3, -0.25) is 0 Å². The molecule has 2 N–H and O–H groups in total. The Morgan fingerprint density at radius 3 is 2.24 bits per heavy atom. The summed E-state index contributed by atoms with van der Waals surface area (Å²) in [6.45, 7) is 2.10. The lowest BCUT2D eigenvalue weighted by molar-refractivity contribution is 0.0697. The third-order valence-corrected chi connectivity index (χ3v) is 5.58. The summed E-state index contributed by atoms with van der Waals surface area (Å²) in [7, 11) is 0. The molecule has 2 heterocycles. The van der Waals surface area contributed by atoms with Gasteiger partial charge in [-0.05, 0) is 48.4 Å². The Bertz CT molecular complexity index is 1420. The van der Waals surface area contributed by atoms with Crippen molar-refractivity contribution in [3.8, 4) is 5.82 Å². The van der Waals surface area contributed by atoms with E-state index in [2.05, 4.69) is 40.7 Å². The molecule has 34 heavy (non-hydrogen) atoms. The number of carboxylic acid groups (broad SMARTS) is 1. The fourth-order valence-corrected chi connectivity index (χ4v) is 3.78. The minimum Gasteiger partial charge on any atom is -0.478 e. The first-order valence-electron chi connectivity index (χ1n) is 11.0. The molecule has 0 aliphatic heterocycles. The number of para-hydroxylation sites is 1. The second kappa shape index (κ2) is 10.4. The van der Waals surface area contributed by atoms with Crippen LogP contribution < -0.4 is 0 Å². The molecule has 0 aliphatic rings. The third kappa shape index (κ3) is 5.10. The van der Waals surface area contributed by atoms with Crippen molar-refractivity contribution < 1.29 is 9.90 Å². The van der Waals surface area contributed by atoms with Crippen LogP contribution in [0.4, 0.5) is 0 Å². The van der Waals surface area contributed by atoms with E-state index in [1.165, 1.54) is 11.1 Å². The highest BCUT2D eigenvalue weighted by Gasteiger charge is 2.14. The second-order valence-electron chi connectivity index (χ2n) is 7.87. The van der Waals surface area contributed by atoms with Crippen LogP contribution in [0.2, 0.25) is 0 Å². The van der Waals surface area contributed by atoms with Gasteiger partial charge in [0, 0.05) is 35.5 Å². The van der Waals surface area contributed by atoms with Gasteiger partial charge in [-0.25, -0.2) is 9.78 Å². The summed E-state index contributed by atoms with van der Waals surface area (Å²) in [5.74, 6) is -0.00996. The van der Waals surface area contributed by atoms with Gasteiger partial charge in [-0.1, -0.05) is 66.7 Å². The number of hydrogen-bond donors (Lipinski definition) is 2. The van der Waals surface area contributed by atoms with Crippen LogP contribution in [0.15, 0.2) is 109 Å². The van der Waals surface area contributed by atoms with E-state index in [0.717, 1.165) is 22.3 Å². The maximum atomic E-state index is 10.2. The standard InChI is InChI=1S/C22H19N3.C7H6O2/c1-16-8-2-3-9-17(16)14-20(23)19-15-25(22-12-6-7-13-24-22)21-11-5-4-10-18(19)21;8-7(9)6-4-2-1-3-5-6/h2-13,15,23H,14H2,1H3;1-5H,(H,8,9). The van der Waals surface area contributed by atoms with Gasteiger partial charge < -0.3 is 15.1 Å². The first-order valence-corrected chi connectivity index (χ1v) is 11.0. The Balaban J connectivity index is 0.000000257. The molecule has 5 nitrogen and oxygen atoms in total. The molecule has 0 amide bonds. The van der Waals surface area contributed by atoms with Gasteiger partial charge in [0.2, 0.25) is 0 Å². The first kappa shape index (κ1) is 22.7. The molecule has 0 unspecified atom stereocenters. The number of rotatable bonds is 5. The molecule has 2 aromatic heterocycles. The first-order chi connectivity index (χ1) is 16.5. The molecular weight excluding hydrogens is 422 g/mol. The van der Waals surface area contributed by atoms with Crippen molar-refractivity contribution >= 4 is 22.6 Å². The molecule has 0 bridgehead atoms. The van der Waals surface area contributed by atoms with E-state index in [4.69, 9.17) is 10.5 Å². The van der Waals surface area contributed by atoms with E-state index >= 15 is 0 Å². The molecule has 168 valence electrons. The van der Waals surface area contributed by atoms with Crippen LogP contribution in [-0.2, 0) is 6.42 Å². The van der Waals surface area contributed by atoms with Crippen molar-refractivity contribution in [2.75, 3.05) is 0 Å². The second-order valence-corrected chi connectivity index (χ2v) is 7.87. The van der Waals surface area contributed by atoms with Crippen LogP contribution in [0.25, 0.3) is 16.7 Å². The lowest BCUT2D eigenvalue weighted by Crippen LogP contribution is -2.04. The summed E-state index contributed by atoms with van der Waals surface area (Å²) < 4.78 is 2.07. The highest BCUT2D eigenvalue weighted by molar-refractivity contribution is 6.10. The average Bonchev–Trinajstić information content (AvgIpc) is 3.27. The molecule has 3 aromatic carbocycles. The Morgan fingerprint density at radius 2 is 1.56 bits per heavy atom. The van der Waals surface area contributed by atoms with Crippen molar-refractivity contribution in [3.63, 3.8) is 0 Å². The molecule has 0 spiro atoms. The summed E-state index contributed by atoms with van der Waals surface area (Å²) in [5, 5.41) is 18.2. The van der Waals surface area contributed by atoms with E-state index in [1.807, 2.05) is 48.7 Å². The van der Waals surface area contributed by atoms with Crippen molar-refractivity contribution in [2.24, 2.45) is 0 Å². The number of carbonyl (C=O) groups is 1. The van der Waals surface area contributed by atoms with Gasteiger partial charge in [-0.2, -0.15) is 0 Å². The maximum absolute atomic E-state index is 10.2. The lowest BCUT2D eigenvalue weighted by atomic mass is 9.99. The summed E-state index contributed by atoms with van der Waals surface area (Å²) in [6, 6.07) is 30.7. The van der Waals surface area contributed by atoms with E-state index in [9.17, 15) is 4.79 Å². The van der Waals surface area contributed by atoms with E-state index in [0.29, 0.717) is 17.7 Å². The number of aromatic nitrogens is 2. The Morgan fingerprint density at radius 1 is 0.882 bits per heavy atom. The van der Waals surface area contributed by atoms with Crippen LogP contribution in [0.3, 0.4) is 0 Å². The molecule has 5 aromatic rings. The number of nitrogens with one attached hydrogen (secondary N) is 1. The fourth-order valence-electron chi connectivity index (χ4n) is 3.78. The third-order valence-electron chi connectivity index (χ3n) is 5.58. The summed E-state index contributed by atoms with van der Waals surface area (Å²) >= 11 is 0. The van der Waals surface area contributed by atoms with E-state index < -0.39 is 5.97 Å². The number of aryl methyl sites for hydroxylation is 1. The van der Waals surface area contributed by atoms with Crippen molar-refractivity contribution in [3.05, 3.63) is 132 Å². The highest BCUT2D eigenvalue weighted by atomic mass is 16.4. The minimum absolute atomic E-state index is 0.331. The van der Waals surface area contributed by atoms with Gasteiger partial charge in [0.15, 0.2) is 0 Å². The summed E-state index contributed by atoms with van der Waals surface area (Å²) in [4.78, 5) is 14.7. The van der Waals surface area contributed by atoms with Crippen molar-refractivity contribution in [1.29, 1.82) is 5.41 Å². The predicted molar refractivity (Wildman–Crippen MR) is 136 cm³/mol. The van der Waals surface area contributed by atoms with Crippen LogP contribution in [-0.4, -0.2) is 26.3 Å². The number of carboxylic acids is 1. The van der Waals surface area contributed by atoms with Crippen molar-refractivity contribution in [1.82, 2.24) is 9.55 Å². The number of nitrogens with zero attached hydrogens (tertiary/aromatic N) is 2. The number of aromatic carboxylic acids is 1. The fraction of sp³-hybridized carbons (Fsp3) is 0.0690. The molecule has 5 rings (SSSR count). The Labute approximate surface area is 198 Å². The quantitative estimate of drug-likeness (QED) is 0.309. The number of hydrogen-bond acceptors (Lipinski definition) is 3. The Hall–Kier alpha value is -4.51. The predicted octanol–water partition coefficient (Wildman–Crippen LogP) is 6.33. The molecular formula is C29H25N3O2. The monoisotopic (exact) mass is 447 g/mol. The van der Waals surface area contributed by atoms with Gasteiger partial charge in [0.1, 0.15) is 5.82 Å². The van der Waals surface area contributed by atoms with Gasteiger partial charge in [0.05, 0.1) is 11.1 Å². The topological polar surface area (TPSA) is 79.0 Å². The van der Waals surface area contributed by atoms with Crippen LogP contribution in [0, 0.1) is 12.3 Å². The smallest absolute Gasteiger partial charge is 0.335 e. The van der Waals surface area contributed by atoms with Gasteiger partial charge >= 0.3 is 5.97 Å². The van der Waals surface area contributed by atoms with E-state index in [-0.39, 0.29) is 0 Å². The van der Waals surface area contributed by atoms with Crippen molar-refractivity contribution in [2.45, 2.75) is 13.3 Å². The Kier molecular flexibility index (Phi) is 6.94. The molecule has 0 fully saturated rings. The zero-order valence-electron chi connectivity index (χ0n) is 18.8. The van der Waals surface area contributed by atoms with Crippen LogP contribution in [0.5, 0.6) is 0 Å². The molecule has 0 saturated heterocycles. The van der Waals surface area contributed by atoms with Gasteiger partial charge in [0.25, 0.3) is 0 Å². The summed E-state index contributed by atoms with van der Waals surface area (Å²) in [6.07, 6.45) is 4.46. The maximum Gasteiger partial charge on any atom is 0.335 e. The van der Waals surface area contributed by atoms with Crippen LogP contribution >= 0.6 is 0 Å². The normalized spacial score (nSPS) is 10.4. The number of fused-ring (bicyclic) bond motifs is 1. The molecule has 0 radical (unpaired) electrons. The largest absolute Gasteiger partial charge is 0.478 e. The summed E-state index contributed by atoms with van der Waals surface area (Å²) in [5.41, 5.74) is 5.41. The highest BCUT2D eigenvalue weighted by Crippen LogP contribution is 2.25. The average molecular weight is 448 g/mol. The molecule has 0 atom stereocenters. The SMILES string of the molecule is Cc1ccccc1CC(=N)c1cn(-c2ccccn2)c2ccccc12.O=C(O)c1ccccc1. The zero-order chi connectivity index (χ0) is 23.9. The molecule has 5 heteroatoms. The zero-order valence-corrected chi connectivity index (χ0v) is 18.8. The number of pyridine rings is 1. The van der Waals surface area contributed by atoms with Gasteiger partial charge in [-0.15, -0.1) is 0 Å². The minimum atomic E-state index is -0.879. The lowest BCUT2D eigenvalue weighted by Gasteiger charge is -2.06. The number of benzene rings is 3. The van der Waals surface area contributed by atoms with E-state index in [1.54, 1.807) is 36.5 Å². The molecule has 0 saturated carbocycles. The molecule has 0 aliphatic carbocycles.